The Morgan fingerprint density at radius 1 is 1.00 bits per heavy atom. The Morgan fingerprint density at radius 2 is 1.89 bits per heavy atom. The summed E-state index contributed by atoms with van der Waals surface area (Å²) in [7, 11) is 0. The molecule has 7 rings (SSSR count). The lowest BCUT2D eigenvalue weighted by Gasteiger charge is -2.53. The SMILES string of the molecule is O=C(c1ccc(-c2ccc3c(Nc4ccc5scnc5c4)ccnc3c2)c(F)c1)N1[C@@H]2CNC[C@H]1C2. The van der Waals surface area contributed by atoms with Crippen LogP contribution in [0.3, 0.4) is 0 Å². The van der Waals surface area contributed by atoms with Crippen molar-refractivity contribution in [3.8, 4) is 11.1 Å². The number of anilines is 2. The Morgan fingerprint density at radius 3 is 2.72 bits per heavy atom. The van der Waals surface area contributed by atoms with E-state index in [-0.39, 0.29) is 18.0 Å². The van der Waals surface area contributed by atoms with Crippen molar-refractivity contribution in [1.29, 1.82) is 0 Å². The third kappa shape index (κ3) is 3.53. The lowest BCUT2D eigenvalue weighted by atomic mass is 9.87. The quantitative estimate of drug-likeness (QED) is 0.341. The second kappa shape index (κ2) is 8.36. The van der Waals surface area contributed by atoms with E-state index in [1.807, 2.05) is 46.8 Å². The Balaban J connectivity index is 1.17. The van der Waals surface area contributed by atoms with Gasteiger partial charge in [-0.1, -0.05) is 18.2 Å². The monoisotopic (exact) mass is 495 g/mol. The molecule has 36 heavy (non-hydrogen) atoms. The van der Waals surface area contributed by atoms with E-state index in [2.05, 4.69) is 26.7 Å². The molecule has 1 amide bonds. The average molecular weight is 496 g/mol. The van der Waals surface area contributed by atoms with Crippen LogP contribution in [0.1, 0.15) is 16.8 Å². The van der Waals surface area contributed by atoms with Gasteiger partial charge in [-0.05, 0) is 54.4 Å². The average Bonchev–Trinajstić information content (AvgIpc) is 3.37. The zero-order valence-corrected chi connectivity index (χ0v) is 20.1. The molecule has 5 aromatic rings. The van der Waals surface area contributed by atoms with Gasteiger partial charge in [0.15, 0.2) is 0 Å². The van der Waals surface area contributed by atoms with Gasteiger partial charge >= 0.3 is 0 Å². The fourth-order valence-electron chi connectivity index (χ4n) is 5.36. The van der Waals surface area contributed by atoms with Gasteiger partial charge in [-0.3, -0.25) is 9.78 Å². The van der Waals surface area contributed by atoms with Gasteiger partial charge in [-0.2, -0.15) is 0 Å². The molecule has 0 saturated carbocycles. The van der Waals surface area contributed by atoms with Crippen molar-refractivity contribution in [2.45, 2.75) is 18.5 Å². The molecular weight excluding hydrogens is 473 g/mol. The molecule has 178 valence electrons. The zero-order valence-electron chi connectivity index (χ0n) is 19.2. The summed E-state index contributed by atoms with van der Waals surface area (Å²) in [6, 6.07) is 19.0. The molecule has 2 fully saturated rings. The first-order valence-electron chi connectivity index (χ1n) is 12.0. The standard InChI is InChI=1S/C28H22FN5OS/c29-23-9-17(28(35)34-19-12-20(34)14-30-13-19)2-4-21(23)16-1-5-22-24(7-8-31-25(22)10-16)33-18-3-6-27-26(11-18)32-15-36-27/h1-11,15,19-20,30H,12-14H2,(H,31,33)/t19-,20+. The molecule has 2 atom stereocenters. The predicted octanol–water partition coefficient (Wildman–Crippen LogP) is 5.58. The summed E-state index contributed by atoms with van der Waals surface area (Å²) in [5, 5.41) is 7.72. The third-order valence-electron chi connectivity index (χ3n) is 7.20. The number of fused-ring (bicyclic) bond motifs is 4. The summed E-state index contributed by atoms with van der Waals surface area (Å²) in [6.07, 6.45) is 2.77. The van der Waals surface area contributed by atoms with Crippen LogP contribution in [0.5, 0.6) is 0 Å². The number of piperazine rings is 1. The zero-order chi connectivity index (χ0) is 24.2. The van der Waals surface area contributed by atoms with Gasteiger partial charge < -0.3 is 15.5 Å². The van der Waals surface area contributed by atoms with Gasteiger partial charge in [0.2, 0.25) is 0 Å². The summed E-state index contributed by atoms with van der Waals surface area (Å²) in [6.45, 7) is 1.62. The van der Waals surface area contributed by atoms with Gasteiger partial charge in [0.25, 0.3) is 5.91 Å². The van der Waals surface area contributed by atoms with Gasteiger partial charge in [0.05, 0.1) is 21.2 Å². The van der Waals surface area contributed by atoms with Crippen LogP contribution in [0, 0.1) is 5.82 Å². The molecular formula is C28H22FN5OS. The van der Waals surface area contributed by atoms with Crippen LogP contribution in [0.4, 0.5) is 15.8 Å². The number of thiazole rings is 1. The van der Waals surface area contributed by atoms with Crippen molar-refractivity contribution in [3.05, 3.63) is 83.8 Å². The van der Waals surface area contributed by atoms with Crippen molar-refractivity contribution in [2.24, 2.45) is 0 Å². The van der Waals surface area contributed by atoms with E-state index in [9.17, 15) is 4.79 Å². The number of rotatable bonds is 4. The molecule has 2 N–H and O–H groups in total. The van der Waals surface area contributed by atoms with Gasteiger partial charge in [-0.15, -0.1) is 11.3 Å². The minimum Gasteiger partial charge on any atom is -0.355 e. The number of aromatic nitrogens is 2. The van der Waals surface area contributed by atoms with Crippen LogP contribution >= 0.6 is 11.3 Å². The molecule has 8 heteroatoms. The Kier molecular flexibility index (Phi) is 4.97. The molecule has 0 radical (unpaired) electrons. The van der Waals surface area contributed by atoms with E-state index in [1.54, 1.807) is 29.7 Å². The number of benzene rings is 3. The normalized spacial score (nSPS) is 18.9. The molecule has 2 saturated heterocycles. The van der Waals surface area contributed by atoms with Crippen molar-refractivity contribution in [3.63, 3.8) is 0 Å². The van der Waals surface area contributed by atoms with Crippen LogP contribution < -0.4 is 10.6 Å². The van der Waals surface area contributed by atoms with E-state index in [0.29, 0.717) is 11.1 Å². The lowest BCUT2D eigenvalue weighted by molar-refractivity contribution is -0.00220. The maximum absolute atomic E-state index is 15.2. The summed E-state index contributed by atoms with van der Waals surface area (Å²) in [5.74, 6) is -0.496. The summed E-state index contributed by atoms with van der Waals surface area (Å²) >= 11 is 1.61. The van der Waals surface area contributed by atoms with Crippen molar-refractivity contribution >= 4 is 49.7 Å². The van der Waals surface area contributed by atoms with Gasteiger partial charge in [0.1, 0.15) is 5.82 Å². The molecule has 2 aliphatic rings. The van der Waals surface area contributed by atoms with Crippen LogP contribution in [-0.2, 0) is 0 Å². The first-order valence-corrected chi connectivity index (χ1v) is 12.8. The van der Waals surface area contributed by atoms with Gasteiger partial charge in [0, 0.05) is 59.3 Å². The van der Waals surface area contributed by atoms with Crippen LogP contribution in [0.15, 0.2) is 72.4 Å². The molecule has 2 bridgehead atoms. The Hall–Kier alpha value is -3.88. The number of piperidine rings is 1. The van der Waals surface area contributed by atoms with E-state index < -0.39 is 5.82 Å². The van der Waals surface area contributed by atoms with Crippen LogP contribution in [0.2, 0.25) is 0 Å². The van der Waals surface area contributed by atoms with Gasteiger partial charge in [-0.25, -0.2) is 9.37 Å². The molecule has 2 aromatic heterocycles. The van der Waals surface area contributed by atoms with Crippen LogP contribution in [-0.4, -0.2) is 45.9 Å². The smallest absolute Gasteiger partial charge is 0.254 e. The molecule has 0 spiro atoms. The highest BCUT2D eigenvalue weighted by atomic mass is 32.1. The first kappa shape index (κ1) is 21.4. The third-order valence-corrected chi connectivity index (χ3v) is 8.01. The molecule has 0 unspecified atom stereocenters. The number of hydrogen-bond donors (Lipinski definition) is 2. The molecule has 3 aromatic carbocycles. The highest BCUT2D eigenvalue weighted by Crippen LogP contribution is 2.33. The van der Waals surface area contributed by atoms with E-state index in [0.717, 1.165) is 57.6 Å². The number of pyridine rings is 1. The van der Waals surface area contributed by atoms with E-state index in [4.69, 9.17) is 0 Å². The lowest BCUT2D eigenvalue weighted by Crippen LogP contribution is -2.69. The predicted molar refractivity (Wildman–Crippen MR) is 141 cm³/mol. The molecule has 6 nitrogen and oxygen atoms in total. The Labute approximate surface area is 210 Å². The minimum absolute atomic E-state index is 0.0880. The number of nitrogens with one attached hydrogen (secondary N) is 2. The number of hydrogen-bond acceptors (Lipinski definition) is 6. The van der Waals surface area contributed by atoms with Crippen molar-refractivity contribution in [2.75, 3.05) is 18.4 Å². The van der Waals surface area contributed by atoms with E-state index in [1.165, 1.54) is 6.07 Å². The largest absolute Gasteiger partial charge is 0.355 e. The fourth-order valence-corrected chi connectivity index (χ4v) is 6.02. The number of amides is 1. The van der Waals surface area contributed by atoms with Crippen LogP contribution in [0.25, 0.3) is 32.2 Å². The topological polar surface area (TPSA) is 70.2 Å². The number of nitrogens with zero attached hydrogens (tertiary/aromatic N) is 3. The van der Waals surface area contributed by atoms with Crippen molar-refractivity contribution in [1.82, 2.24) is 20.2 Å². The van der Waals surface area contributed by atoms with E-state index >= 15 is 4.39 Å². The maximum Gasteiger partial charge on any atom is 0.254 e. The fraction of sp³-hybridized carbons (Fsp3) is 0.179. The second-order valence-electron chi connectivity index (χ2n) is 9.36. The maximum atomic E-state index is 15.2. The summed E-state index contributed by atoms with van der Waals surface area (Å²) in [5.41, 5.74) is 6.98. The minimum atomic E-state index is -0.408. The second-order valence-corrected chi connectivity index (χ2v) is 10.2. The first-order chi connectivity index (χ1) is 17.6. The summed E-state index contributed by atoms with van der Waals surface area (Å²) in [4.78, 5) is 23.8. The van der Waals surface area contributed by atoms with Crippen molar-refractivity contribution < 1.29 is 9.18 Å². The summed E-state index contributed by atoms with van der Waals surface area (Å²) < 4.78 is 16.4. The number of carbonyl (C=O) groups excluding carboxylic acids is 1. The Bertz CT molecular complexity index is 1640. The highest BCUT2D eigenvalue weighted by molar-refractivity contribution is 7.16. The highest BCUT2D eigenvalue weighted by Gasteiger charge is 2.44. The molecule has 0 aliphatic carbocycles. The number of carbonyl (C=O) groups is 1. The number of halogens is 1. The molecule has 2 aliphatic heterocycles. The molecule has 4 heterocycles.